The molecule has 0 spiro atoms. The molecule has 0 radical (unpaired) electrons. The van der Waals surface area contributed by atoms with Crippen molar-refractivity contribution in [2.24, 2.45) is 0 Å². The number of nitrogen functional groups attached to an aromatic ring is 1. The van der Waals surface area contributed by atoms with Gasteiger partial charge in [-0.1, -0.05) is 0 Å². The van der Waals surface area contributed by atoms with Gasteiger partial charge in [-0.2, -0.15) is 11.8 Å². The number of fused-ring (bicyclic) bond motifs is 1. The number of thioether (sulfide) groups is 1. The van der Waals surface area contributed by atoms with Gasteiger partial charge in [0.15, 0.2) is 5.76 Å². The van der Waals surface area contributed by atoms with Crippen molar-refractivity contribution in [2.45, 2.75) is 12.2 Å². The van der Waals surface area contributed by atoms with Gasteiger partial charge in [0.05, 0.1) is 16.8 Å². The fraction of sp³-hybridized carbons (Fsp3) is 0.250. The number of ketones is 1. The van der Waals surface area contributed by atoms with Crippen LogP contribution < -0.4 is 5.73 Å². The van der Waals surface area contributed by atoms with E-state index in [4.69, 9.17) is 10.2 Å². The van der Waals surface area contributed by atoms with E-state index in [1.807, 2.05) is 11.8 Å². The summed E-state index contributed by atoms with van der Waals surface area (Å²) in [5.41, 5.74) is 7.77. The number of carbonyl (C=O) groups excluding carboxylic acids is 1. The standard InChI is InChI=1S/C12H11NO2S2/c13-12-10(11(14)8-2-1-4-15-8)7-3-5-16-6-9(7)17-12/h1-2,4H,3,5-6,13H2. The van der Waals surface area contributed by atoms with Gasteiger partial charge in [-0.15, -0.1) is 11.3 Å². The first-order valence-corrected chi connectivity index (χ1v) is 7.30. The van der Waals surface area contributed by atoms with Crippen molar-refractivity contribution < 1.29 is 9.21 Å². The van der Waals surface area contributed by atoms with Crippen LogP contribution in [-0.2, 0) is 12.2 Å². The Morgan fingerprint density at radius 1 is 1.47 bits per heavy atom. The molecular formula is C12H11NO2S2. The zero-order chi connectivity index (χ0) is 11.8. The molecule has 1 aliphatic heterocycles. The van der Waals surface area contributed by atoms with Crippen molar-refractivity contribution in [3.05, 3.63) is 40.2 Å². The summed E-state index contributed by atoms with van der Waals surface area (Å²) in [4.78, 5) is 13.5. The Morgan fingerprint density at radius 2 is 2.35 bits per heavy atom. The van der Waals surface area contributed by atoms with Crippen LogP contribution in [0.4, 0.5) is 5.00 Å². The zero-order valence-electron chi connectivity index (χ0n) is 9.06. The SMILES string of the molecule is Nc1sc2c(c1C(=O)c1ccco1)CCSC2. The van der Waals surface area contributed by atoms with Crippen LogP contribution >= 0.6 is 23.1 Å². The predicted molar refractivity (Wildman–Crippen MR) is 70.7 cm³/mol. The Kier molecular flexibility index (Phi) is 2.72. The van der Waals surface area contributed by atoms with Crippen LogP contribution in [0.1, 0.15) is 26.6 Å². The molecule has 0 unspecified atom stereocenters. The number of furan rings is 1. The third-order valence-corrected chi connectivity index (χ3v) is 5.05. The number of rotatable bonds is 2. The number of nitrogens with two attached hydrogens (primary N) is 1. The Balaban J connectivity index is 2.08. The van der Waals surface area contributed by atoms with Crippen LogP contribution in [0, 0.1) is 0 Å². The normalized spacial score (nSPS) is 14.6. The van der Waals surface area contributed by atoms with E-state index in [0.29, 0.717) is 16.3 Å². The summed E-state index contributed by atoms with van der Waals surface area (Å²) in [5, 5.41) is 0.624. The lowest BCUT2D eigenvalue weighted by atomic mass is 10.0. The lowest BCUT2D eigenvalue weighted by Crippen LogP contribution is -2.08. The minimum Gasteiger partial charge on any atom is -0.461 e. The van der Waals surface area contributed by atoms with Crippen molar-refractivity contribution in [3.8, 4) is 0 Å². The van der Waals surface area contributed by atoms with Gasteiger partial charge in [-0.05, 0) is 29.9 Å². The molecule has 3 heterocycles. The van der Waals surface area contributed by atoms with Gasteiger partial charge >= 0.3 is 0 Å². The van der Waals surface area contributed by atoms with Crippen LogP contribution in [0.2, 0.25) is 0 Å². The largest absolute Gasteiger partial charge is 0.461 e. The topological polar surface area (TPSA) is 56.2 Å². The second kappa shape index (κ2) is 4.23. The van der Waals surface area contributed by atoms with E-state index in [2.05, 4.69) is 0 Å². The molecule has 0 fully saturated rings. The molecule has 5 heteroatoms. The fourth-order valence-electron chi connectivity index (χ4n) is 2.03. The molecule has 3 rings (SSSR count). The quantitative estimate of drug-likeness (QED) is 0.848. The lowest BCUT2D eigenvalue weighted by molar-refractivity contribution is 0.101. The summed E-state index contributed by atoms with van der Waals surface area (Å²) in [6.45, 7) is 0. The van der Waals surface area contributed by atoms with E-state index in [9.17, 15) is 4.79 Å². The molecule has 2 aromatic heterocycles. The van der Waals surface area contributed by atoms with E-state index in [0.717, 1.165) is 23.5 Å². The third-order valence-electron chi connectivity index (χ3n) is 2.82. The monoisotopic (exact) mass is 265 g/mol. The molecule has 88 valence electrons. The van der Waals surface area contributed by atoms with Gasteiger partial charge in [0.25, 0.3) is 0 Å². The summed E-state index contributed by atoms with van der Waals surface area (Å²) in [6, 6.07) is 3.40. The third kappa shape index (κ3) is 1.79. The minimum atomic E-state index is -0.0862. The van der Waals surface area contributed by atoms with E-state index in [1.165, 1.54) is 22.5 Å². The molecule has 3 nitrogen and oxygen atoms in total. The first kappa shape index (κ1) is 10.9. The number of hydrogen-bond acceptors (Lipinski definition) is 5. The Hall–Kier alpha value is -1.20. The van der Waals surface area contributed by atoms with Crippen molar-refractivity contribution in [1.29, 1.82) is 0 Å². The average molecular weight is 265 g/mol. The van der Waals surface area contributed by atoms with Crippen LogP contribution in [0.5, 0.6) is 0 Å². The fourth-order valence-corrected chi connectivity index (χ4v) is 4.28. The Morgan fingerprint density at radius 3 is 3.12 bits per heavy atom. The molecule has 0 bridgehead atoms. The first-order valence-electron chi connectivity index (χ1n) is 5.33. The van der Waals surface area contributed by atoms with Crippen LogP contribution in [0.15, 0.2) is 22.8 Å². The molecule has 0 aliphatic carbocycles. The van der Waals surface area contributed by atoms with Crippen LogP contribution in [0.25, 0.3) is 0 Å². The molecule has 1 aliphatic rings. The molecule has 17 heavy (non-hydrogen) atoms. The van der Waals surface area contributed by atoms with Crippen LogP contribution in [0.3, 0.4) is 0 Å². The average Bonchev–Trinajstić information content (AvgIpc) is 2.94. The van der Waals surface area contributed by atoms with E-state index >= 15 is 0 Å². The summed E-state index contributed by atoms with van der Waals surface area (Å²) in [7, 11) is 0. The number of hydrogen-bond donors (Lipinski definition) is 1. The molecular weight excluding hydrogens is 254 g/mol. The summed E-state index contributed by atoms with van der Waals surface area (Å²) < 4.78 is 5.16. The lowest BCUT2D eigenvalue weighted by Gasteiger charge is -2.11. The second-order valence-corrected chi connectivity index (χ2v) is 6.09. The number of anilines is 1. The minimum absolute atomic E-state index is 0.0862. The van der Waals surface area contributed by atoms with Gasteiger partial charge in [0.2, 0.25) is 5.78 Å². The molecule has 0 atom stereocenters. The number of thiophene rings is 1. The van der Waals surface area contributed by atoms with Gasteiger partial charge in [0, 0.05) is 10.6 Å². The second-order valence-electron chi connectivity index (χ2n) is 3.85. The Labute approximate surface area is 107 Å². The molecule has 0 saturated heterocycles. The maximum atomic E-state index is 12.3. The summed E-state index contributed by atoms with van der Waals surface area (Å²) in [6.07, 6.45) is 2.44. The smallest absolute Gasteiger partial charge is 0.231 e. The highest BCUT2D eigenvalue weighted by Crippen LogP contribution is 2.38. The Bertz CT molecular complexity index is 557. The van der Waals surface area contributed by atoms with Gasteiger partial charge < -0.3 is 10.2 Å². The van der Waals surface area contributed by atoms with E-state index < -0.39 is 0 Å². The molecule has 0 saturated carbocycles. The molecule has 0 amide bonds. The molecule has 2 N–H and O–H groups in total. The summed E-state index contributed by atoms with van der Waals surface area (Å²) in [5.74, 6) is 2.31. The summed E-state index contributed by atoms with van der Waals surface area (Å²) >= 11 is 3.43. The van der Waals surface area contributed by atoms with Crippen molar-refractivity contribution in [2.75, 3.05) is 11.5 Å². The predicted octanol–water partition coefficient (Wildman–Crippen LogP) is 2.94. The van der Waals surface area contributed by atoms with Crippen molar-refractivity contribution in [1.82, 2.24) is 0 Å². The maximum Gasteiger partial charge on any atom is 0.231 e. The zero-order valence-corrected chi connectivity index (χ0v) is 10.7. The highest BCUT2D eigenvalue weighted by atomic mass is 32.2. The maximum absolute atomic E-state index is 12.3. The van der Waals surface area contributed by atoms with Gasteiger partial charge in [-0.25, -0.2) is 0 Å². The van der Waals surface area contributed by atoms with Gasteiger partial charge in [-0.3, -0.25) is 4.79 Å². The number of carbonyl (C=O) groups is 1. The highest BCUT2D eigenvalue weighted by Gasteiger charge is 2.26. The molecule has 0 aromatic carbocycles. The van der Waals surface area contributed by atoms with E-state index in [1.54, 1.807) is 12.1 Å². The van der Waals surface area contributed by atoms with Crippen LogP contribution in [-0.4, -0.2) is 11.5 Å². The molecule has 2 aromatic rings. The van der Waals surface area contributed by atoms with Crippen molar-refractivity contribution in [3.63, 3.8) is 0 Å². The first-order chi connectivity index (χ1) is 8.27. The highest BCUT2D eigenvalue weighted by molar-refractivity contribution is 7.98. The van der Waals surface area contributed by atoms with Gasteiger partial charge in [0.1, 0.15) is 0 Å². The van der Waals surface area contributed by atoms with E-state index in [-0.39, 0.29) is 5.78 Å². The van der Waals surface area contributed by atoms with Crippen molar-refractivity contribution >= 4 is 33.9 Å².